The second-order valence-corrected chi connectivity index (χ2v) is 3.95. The fraction of sp³-hybridized carbons (Fsp3) is 0.571. The molecule has 0 aliphatic heterocycles. The highest BCUT2D eigenvalue weighted by molar-refractivity contribution is 7.09. The molecule has 2 unspecified atom stereocenters. The summed E-state index contributed by atoms with van der Waals surface area (Å²) in [5.74, 6) is 0.377. The molecular formula is C7H10ClNS. The van der Waals surface area contributed by atoms with Gasteiger partial charge < -0.3 is 0 Å². The van der Waals surface area contributed by atoms with Crippen molar-refractivity contribution in [3.63, 3.8) is 0 Å². The van der Waals surface area contributed by atoms with Gasteiger partial charge in [-0.15, -0.1) is 22.9 Å². The van der Waals surface area contributed by atoms with Crippen LogP contribution in [0, 0.1) is 0 Å². The lowest BCUT2D eigenvalue weighted by Gasteiger charge is -2.08. The van der Waals surface area contributed by atoms with Gasteiger partial charge >= 0.3 is 0 Å². The zero-order valence-electron chi connectivity index (χ0n) is 6.04. The second-order valence-electron chi connectivity index (χ2n) is 2.34. The van der Waals surface area contributed by atoms with E-state index in [9.17, 15) is 0 Å². The smallest absolute Gasteiger partial charge is 0.0967 e. The van der Waals surface area contributed by atoms with E-state index in [0.717, 1.165) is 5.01 Å². The van der Waals surface area contributed by atoms with Gasteiger partial charge in [0, 0.05) is 22.9 Å². The number of halogens is 1. The Kier molecular flexibility index (Phi) is 2.69. The van der Waals surface area contributed by atoms with Crippen LogP contribution in [0.5, 0.6) is 0 Å². The summed E-state index contributed by atoms with van der Waals surface area (Å²) in [5, 5.41) is 3.28. The summed E-state index contributed by atoms with van der Waals surface area (Å²) < 4.78 is 0. The highest BCUT2D eigenvalue weighted by Crippen LogP contribution is 2.23. The number of aromatic nitrogens is 1. The molecule has 0 amide bonds. The normalized spacial score (nSPS) is 16.7. The molecule has 0 saturated heterocycles. The van der Waals surface area contributed by atoms with E-state index in [-0.39, 0.29) is 5.38 Å². The third-order valence-electron chi connectivity index (χ3n) is 1.53. The molecule has 0 fully saturated rings. The summed E-state index contributed by atoms with van der Waals surface area (Å²) in [7, 11) is 0. The van der Waals surface area contributed by atoms with Crippen molar-refractivity contribution in [2.24, 2.45) is 0 Å². The van der Waals surface area contributed by atoms with Crippen LogP contribution in [0.4, 0.5) is 0 Å². The first-order chi connectivity index (χ1) is 4.72. The first-order valence-corrected chi connectivity index (χ1v) is 4.57. The van der Waals surface area contributed by atoms with Crippen molar-refractivity contribution in [1.29, 1.82) is 0 Å². The lowest BCUT2D eigenvalue weighted by molar-refractivity contribution is 0.735. The molecule has 1 nitrogen and oxygen atoms in total. The average molecular weight is 176 g/mol. The van der Waals surface area contributed by atoms with Crippen LogP contribution in [-0.4, -0.2) is 10.4 Å². The van der Waals surface area contributed by atoms with E-state index >= 15 is 0 Å². The van der Waals surface area contributed by atoms with Crippen LogP contribution in [0.3, 0.4) is 0 Å². The van der Waals surface area contributed by atoms with Gasteiger partial charge in [0.2, 0.25) is 0 Å². The molecule has 1 heterocycles. The minimum absolute atomic E-state index is 0.172. The lowest BCUT2D eigenvalue weighted by atomic mass is 10.1. The standard InChI is InChI=1S/C7H10ClNS/c1-5(6(2)8)7-9-3-4-10-7/h3-6H,1-2H3. The van der Waals surface area contributed by atoms with E-state index in [1.54, 1.807) is 11.3 Å². The maximum absolute atomic E-state index is 5.89. The molecule has 3 heteroatoms. The third kappa shape index (κ3) is 1.70. The highest BCUT2D eigenvalue weighted by Gasteiger charge is 2.12. The van der Waals surface area contributed by atoms with Gasteiger partial charge in [-0.05, 0) is 6.92 Å². The Hall–Kier alpha value is -0.0800. The molecule has 56 valence electrons. The van der Waals surface area contributed by atoms with Crippen LogP contribution in [0.15, 0.2) is 11.6 Å². The SMILES string of the molecule is CC(Cl)C(C)c1nccs1. The Morgan fingerprint density at radius 1 is 1.60 bits per heavy atom. The summed E-state index contributed by atoms with van der Waals surface area (Å²) in [6.45, 7) is 4.09. The average Bonchev–Trinajstić information content (AvgIpc) is 2.36. The molecule has 0 N–H and O–H groups in total. The van der Waals surface area contributed by atoms with E-state index in [1.807, 2.05) is 18.5 Å². The Morgan fingerprint density at radius 3 is 2.70 bits per heavy atom. The number of hydrogen-bond donors (Lipinski definition) is 0. The van der Waals surface area contributed by atoms with Gasteiger partial charge in [-0.1, -0.05) is 6.92 Å². The highest BCUT2D eigenvalue weighted by atomic mass is 35.5. The van der Waals surface area contributed by atoms with Crippen molar-refractivity contribution in [2.45, 2.75) is 25.1 Å². The summed E-state index contributed by atoms with van der Waals surface area (Å²) in [4.78, 5) is 4.17. The van der Waals surface area contributed by atoms with Crippen molar-refractivity contribution in [3.05, 3.63) is 16.6 Å². The van der Waals surface area contributed by atoms with E-state index in [4.69, 9.17) is 11.6 Å². The maximum atomic E-state index is 5.89. The fourth-order valence-corrected chi connectivity index (χ4v) is 1.65. The molecule has 0 radical (unpaired) electrons. The van der Waals surface area contributed by atoms with Crippen LogP contribution in [0.25, 0.3) is 0 Å². The summed E-state index contributed by atoms with van der Waals surface area (Å²) in [6, 6.07) is 0. The third-order valence-corrected chi connectivity index (χ3v) is 2.88. The van der Waals surface area contributed by atoms with Gasteiger partial charge in [0.05, 0.1) is 5.01 Å². The largest absolute Gasteiger partial charge is 0.249 e. The molecule has 0 spiro atoms. The van der Waals surface area contributed by atoms with Crippen LogP contribution in [0.1, 0.15) is 24.8 Å². The first-order valence-electron chi connectivity index (χ1n) is 3.25. The van der Waals surface area contributed by atoms with Gasteiger partial charge in [-0.25, -0.2) is 4.98 Å². The van der Waals surface area contributed by atoms with Crippen molar-refractivity contribution in [3.8, 4) is 0 Å². The Balaban J connectivity index is 2.68. The summed E-state index contributed by atoms with van der Waals surface area (Å²) in [5.41, 5.74) is 0. The van der Waals surface area contributed by atoms with Crippen LogP contribution < -0.4 is 0 Å². The number of nitrogens with zero attached hydrogens (tertiary/aromatic N) is 1. The Morgan fingerprint density at radius 2 is 2.30 bits per heavy atom. The van der Waals surface area contributed by atoms with Crippen molar-refractivity contribution >= 4 is 22.9 Å². The molecule has 0 saturated carbocycles. The van der Waals surface area contributed by atoms with E-state index in [2.05, 4.69) is 11.9 Å². The van der Waals surface area contributed by atoms with Crippen LogP contribution >= 0.6 is 22.9 Å². The van der Waals surface area contributed by atoms with Gasteiger partial charge in [-0.2, -0.15) is 0 Å². The zero-order chi connectivity index (χ0) is 7.56. The van der Waals surface area contributed by atoms with E-state index in [0.29, 0.717) is 5.92 Å². The molecule has 0 aliphatic carbocycles. The van der Waals surface area contributed by atoms with E-state index < -0.39 is 0 Å². The molecule has 1 aromatic heterocycles. The molecule has 10 heavy (non-hydrogen) atoms. The lowest BCUT2D eigenvalue weighted by Crippen LogP contribution is -2.03. The molecule has 0 aliphatic rings. The van der Waals surface area contributed by atoms with Gasteiger partial charge in [0.15, 0.2) is 0 Å². The predicted octanol–water partition coefficient (Wildman–Crippen LogP) is 2.87. The maximum Gasteiger partial charge on any atom is 0.0967 e. The molecule has 0 aromatic carbocycles. The minimum Gasteiger partial charge on any atom is -0.249 e. The van der Waals surface area contributed by atoms with Gasteiger partial charge in [0.1, 0.15) is 0 Å². The van der Waals surface area contributed by atoms with Gasteiger partial charge in [-0.3, -0.25) is 0 Å². The molecule has 1 rings (SSSR count). The number of thiazole rings is 1. The van der Waals surface area contributed by atoms with E-state index in [1.165, 1.54) is 0 Å². The second kappa shape index (κ2) is 3.35. The first kappa shape index (κ1) is 8.02. The number of alkyl halides is 1. The summed E-state index contributed by atoms with van der Waals surface area (Å²) >= 11 is 7.55. The quantitative estimate of drug-likeness (QED) is 0.630. The minimum atomic E-state index is 0.172. The van der Waals surface area contributed by atoms with Crippen molar-refractivity contribution in [1.82, 2.24) is 4.98 Å². The monoisotopic (exact) mass is 175 g/mol. The molecule has 1 aromatic rings. The number of hydrogen-bond acceptors (Lipinski definition) is 2. The number of rotatable bonds is 2. The Labute approximate surface area is 70.1 Å². The topological polar surface area (TPSA) is 12.9 Å². The molecule has 2 atom stereocenters. The molecular weight excluding hydrogens is 166 g/mol. The predicted molar refractivity (Wildman–Crippen MR) is 45.8 cm³/mol. The van der Waals surface area contributed by atoms with Crippen molar-refractivity contribution in [2.75, 3.05) is 0 Å². The van der Waals surface area contributed by atoms with Crippen LogP contribution in [0.2, 0.25) is 0 Å². The Bertz CT molecular complexity index is 183. The van der Waals surface area contributed by atoms with Gasteiger partial charge in [0.25, 0.3) is 0 Å². The zero-order valence-corrected chi connectivity index (χ0v) is 7.62. The summed E-state index contributed by atoms with van der Waals surface area (Å²) in [6.07, 6.45) is 1.82. The molecule has 0 bridgehead atoms. The van der Waals surface area contributed by atoms with Crippen molar-refractivity contribution < 1.29 is 0 Å². The van der Waals surface area contributed by atoms with Crippen LogP contribution in [-0.2, 0) is 0 Å². The fourth-order valence-electron chi connectivity index (χ4n) is 0.656.